The summed E-state index contributed by atoms with van der Waals surface area (Å²) in [4.78, 5) is 24.5. The minimum absolute atomic E-state index is 0.0877. The van der Waals surface area contributed by atoms with Gasteiger partial charge in [0, 0.05) is 13.0 Å². The van der Waals surface area contributed by atoms with Gasteiger partial charge in [-0.2, -0.15) is 0 Å². The number of carbonyl (C=O) groups is 2. The monoisotopic (exact) mass is 320 g/mol. The first-order valence-electron chi connectivity index (χ1n) is 7.17. The van der Waals surface area contributed by atoms with E-state index in [2.05, 4.69) is 0 Å². The highest BCUT2D eigenvalue weighted by atomic mass is 32.2. The summed E-state index contributed by atoms with van der Waals surface area (Å²) in [7, 11) is -3.26. The van der Waals surface area contributed by atoms with Gasteiger partial charge >= 0.3 is 5.97 Å². The number of hydrogen-bond acceptors (Lipinski definition) is 5. The van der Waals surface area contributed by atoms with Crippen molar-refractivity contribution < 1.29 is 23.1 Å². The Morgan fingerprint density at radius 1 is 1.38 bits per heavy atom. The Kier molecular flexibility index (Phi) is 6.60. The molecule has 2 unspecified atom stereocenters. The van der Waals surface area contributed by atoms with E-state index in [0.717, 1.165) is 6.42 Å². The van der Waals surface area contributed by atoms with Gasteiger partial charge < -0.3 is 15.7 Å². The van der Waals surface area contributed by atoms with E-state index in [0.29, 0.717) is 25.3 Å². The SMILES string of the molecule is CC(CCN)CCC(=O)N1CCS(=O)(=O)CC1CC(=O)O. The Labute approximate surface area is 125 Å². The first kappa shape index (κ1) is 17.9. The van der Waals surface area contributed by atoms with Crippen LogP contribution in [0.1, 0.15) is 32.6 Å². The van der Waals surface area contributed by atoms with Gasteiger partial charge in [-0.15, -0.1) is 0 Å². The number of hydrogen-bond donors (Lipinski definition) is 2. The predicted molar refractivity (Wildman–Crippen MR) is 78.5 cm³/mol. The van der Waals surface area contributed by atoms with Gasteiger partial charge in [-0.25, -0.2) is 8.42 Å². The Hall–Kier alpha value is -1.15. The fraction of sp³-hybridized carbons (Fsp3) is 0.846. The van der Waals surface area contributed by atoms with E-state index in [1.54, 1.807) is 0 Å². The zero-order valence-corrected chi connectivity index (χ0v) is 13.1. The smallest absolute Gasteiger partial charge is 0.305 e. The molecule has 0 aromatic heterocycles. The zero-order chi connectivity index (χ0) is 16.0. The van der Waals surface area contributed by atoms with Crippen molar-refractivity contribution in [3.8, 4) is 0 Å². The van der Waals surface area contributed by atoms with Crippen molar-refractivity contribution in [3.05, 3.63) is 0 Å². The number of nitrogens with two attached hydrogens (primary N) is 1. The van der Waals surface area contributed by atoms with Crippen molar-refractivity contribution in [2.45, 2.75) is 38.6 Å². The van der Waals surface area contributed by atoms with Crippen molar-refractivity contribution in [1.29, 1.82) is 0 Å². The van der Waals surface area contributed by atoms with Crippen LogP contribution in [0.4, 0.5) is 0 Å². The molecule has 0 spiro atoms. The van der Waals surface area contributed by atoms with E-state index in [4.69, 9.17) is 10.8 Å². The normalized spacial score (nSPS) is 22.8. The summed E-state index contributed by atoms with van der Waals surface area (Å²) in [6.45, 7) is 2.67. The zero-order valence-electron chi connectivity index (χ0n) is 12.3. The lowest BCUT2D eigenvalue weighted by atomic mass is 10.0. The van der Waals surface area contributed by atoms with Crippen LogP contribution >= 0.6 is 0 Å². The molecule has 0 aliphatic carbocycles. The molecule has 8 heteroatoms. The summed E-state index contributed by atoms with van der Waals surface area (Å²) in [5, 5.41) is 8.88. The molecule has 7 nitrogen and oxygen atoms in total. The fourth-order valence-electron chi connectivity index (χ4n) is 2.53. The third kappa shape index (κ3) is 6.01. The largest absolute Gasteiger partial charge is 0.481 e. The van der Waals surface area contributed by atoms with Crippen LogP contribution in [0.25, 0.3) is 0 Å². The van der Waals surface area contributed by atoms with E-state index in [-0.39, 0.29) is 30.4 Å². The van der Waals surface area contributed by atoms with Gasteiger partial charge in [0.1, 0.15) is 0 Å². The fourth-order valence-corrected chi connectivity index (χ4v) is 4.05. The summed E-state index contributed by atoms with van der Waals surface area (Å²) >= 11 is 0. The molecule has 0 aromatic rings. The maximum atomic E-state index is 12.2. The third-order valence-electron chi connectivity index (χ3n) is 3.77. The highest BCUT2D eigenvalue weighted by molar-refractivity contribution is 7.91. The van der Waals surface area contributed by atoms with Crippen LogP contribution in [-0.4, -0.2) is 60.9 Å². The van der Waals surface area contributed by atoms with Crippen LogP contribution in [0.2, 0.25) is 0 Å². The lowest BCUT2D eigenvalue weighted by Crippen LogP contribution is -2.52. The molecule has 0 saturated carbocycles. The molecule has 0 radical (unpaired) electrons. The lowest BCUT2D eigenvalue weighted by Gasteiger charge is -2.35. The van der Waals surface area contributed by atoms with Crippen LogP contribution in [-0.2, 0) is 19.4 Å². The van der Waals surface area contributed by atoms with Crippen molar-refractivity contribution in [2.24, 2.45) is 11.7 Å². The van der Waals surface area contributed by atoms with Gasteiger partial charge in [0.15, 0.2) is 9.84 Å². The maximum absolute atomic E-state index is 12.2. The van der Waals surface area contributed by atoms with Crippen LogP contribution in [0.3, 0.4) is 0 Å². The standard InChI is InChI=1S/C13H24N2O5S/c1-10(4-5-14)2-3-12(16)15-6-7-21(19,20)9-11(15)8-13(17)18/h10-11H,2-9,14H2,1H3,(H,17,18). The van der Waals surface area contributed by atoms with Crippen molar-refractivity contribution in [2.75, 3.05) is 24.6 Å². The number of carboxylic acid groups (broad SMARTS) is 1. The van der Waals surface area contributed by atoms with Gasteiger partial charge in [-0.05, 0) is 25.3 Å². The number of rotatable bonds is 7. The van der Waals surface area contributed by atoms with Gasteiger partial charge in [-0.1, -0.05) is 6.92 Å². The molecule has 1 saturated heterocycles. The summed E-state index contributed by atoms with van der Waals surface area (Å²) in [5.41, 5.74) is 5.46. The Morgan fingerprint density at radius 3 is 2.62 bits per heavy atom. The number of aliphatic carboxylic acids is 1. The second-order valence-corrected chi connectivity index (χ2v) is 7.90. The molecular formula is C13H24N2O5S. The molecule has 1 rings (SSSR count). The molecule has 122 valence electrons. The Bertz CT molecular complexity index is 477. The number of nitrogens with zero attached hydrogens (tertiary/aromatic N) is 1. The van der Waals surface area contributed by atoms with Crippen LogP contribution < -0.4 is 5.73 Å². The summed E-state index contributed by atoms with van der Waals surface area (Å²) < 4.78 is 23.2. The summed E-state index contributed by atoms with van der Waals surface area (Å²) in [6.07, 6.45) is 1.49. The van der Waals surface area contributed by atoms with Crippen molar-refractivity contribution >= 4 is 21.7 Å². The molecular weight excluding hydrogens is 296 g/mol. The topological polar surface area (TPSA) is 118 Å². The lowest BCUT2D eigenvalue weighted by molar-refractivity contribution is -0.140. The molecule has 1 heterocycles. The van der Waals surface area contributed by atoms with E-state index >= 15 is 0 Å². The van der Waals surface area contributed by atoms with E-state index in [1.165, 1.54) is 4.90 Å². The molecule has 0 bridgehead atoms. The molecule has 1 fully saturated rings. The Balaban J connectivity index is 2.64. The second-order valence-electron chi connectivity index (χ2n) is 5.67. The highest BCUT2D eigenvalue weighted by Crippen LogP contribution is 2.18. The average Bonchev–Trinajstić information content (AvgIpc) is 2.34. The van der Waals surface area contributed by atoms with Crippen LogP contribution in [0, 0.1) is 5.92 Å². The molecule has 1 aliphatic heterocycles. The minimum atomic E-state index is -3.26. The quantitative estimate of drug-likeness (QED) is 0.673. The van der Waals surface area contributed by atoms with E-state index < -0.39 is 21.8 Å². The van der Waals surface area contributed by atoms with Crippen LogP contribution in [0.15, 0.2) is 0 Å². The average molecular weight is 320 g/mol. The highest BCUT2D eigenvalue weighted by Gasteiger charge is 2.35. The number of sulfone groups is 1. The minimum Gasteiger partial charge on any atom is -0.481 e. The van der Waals surface area contributed by atoms with Crippen LogP contribution in [0.5, 0.6) is 0 Å². The number of amides is 1. The van der Waals surface area contributed by atoms with Gasteiger partial charge in [0.25, 0.3) is 0 Å². The molecule has 1 amide bonds. The number of carbonyl (C=O) groups excluding carboxylic acids is 1. The van der Waals surface area contributed by atoms with Crippen molar-refractivity contribution in [1.82, 2.24) is 4.90 Å². The second kappa shape index (κ2) is 7.74. The first-order chi connectivity index (χ1) is 9.75. The van der Waals surface area contributed by atoms with Gasteiger partial charge in [0.2, 0.25) is 5.91 Å². The molecule has 2 atom stereocenters. The predicted octanol–water partition coefficient (Wildman–Crippen LogP) is -0.148. The molecule has 0 aromatic carbocycles. The Morgan fingerprint density at radius 2 is 2.05 bits per heavy atom. The molecule has 3 N–H and O–H groups in total. The third-order valence-corrected chi connectivity index (χ3v) is 5.47. The number of carboxylic acids is 1. The molecule has 21 heavy (non-hydrogen) atoms. The maximum Gasteiger partial charge on any atom is 0.305 e. The summed E-state index contributed by atoms with van der Waals surface area (Å²) in [5.74, 6) is -1.28. The summed E-state index contributed by atoms with van der Waals surface area (Å²) in [6, 6.07) is -0.751. The molecule has 1 aliphatic rings. The van der Waals surface area contributed by atoms with Gasteiger partial charge in [0.05, 0.1) is 24.0 Å². The van der Waals surface area contributed by atoms with E-state index in [1.807, 2.05) is 6.92 Å². The van der Waals surface area contributed by atoms with E-state index in [9.17, 15) is 18.0 Å². The van der Waals surface area contributed by atoms with Gasteiger partial charge in [-0.3, -0.25) is 9.59 Å². The first-order valence-corrected chi connectivity index (χ1v) is 8.99. The van der Waals surface area contributed by atoms with Crippen molar-refractivity contribution in [3.63, 3.8) is 0 Å².